The summed E-state index contributed by atoms with van der Waals surface area (Å²) in [6.45, 7) is 13.0. The van der Waals surface area contributed by atoms with Gasteiger partial charge in [-0.2, -0.15) is 0 Å². The summed E-state index contributed by atoms with van der Waals surface area (Å²) in [6.07, 6.45) is -0.0710. The molecule has 0 heterocycles. The van der Waals surface area contributed by atoms with Crippen LogP contribution in [-0.2, 0) is 20.9 Å². The molecule has 5 nitrogen and oxygen atoms in total. The van der Waals surface area contributed by atoms with Gasteiger partial charge in [-0.3, -0.25) is 4.79 Å². The van der Waals surface area contributed by atoms with Crippen molar-refractivity contribution in [3.8, 4) is 0 Å². The van der Waals surface area contributed by atoms with Crippen LogP contribution in [0.2, 0.25) is 0 Å². The fourth-order valence-electron chi connectivity index (χ4n) is 2.72. The van der Waals surface area contributed by atoms with Crippen molar-refractivity contribution in [3.05, 3.63) is 35.9 Å². The highest BCUT2D eigenvalue weighted by molar-refractivity contribution is 5.76. The Labute approximate surface area is 151 Å². The van der Waals surface area contributed by atoms with Crippen molar-refractivity contribution < 1.29 is 19.1 Å². The fraction of sp³-hybridized carbons (Fsp3) is 0.600. The summed E-state index contributed by atoms with van der Waals surface area (Å²) in [6, 6.07) is 9.55. The molecule has 0 aliphatic carbocycles. The molecule has 0 spiro atoms. The van der Waals surface area contributed by atoms with Crippen LogP contribution in [0.15, 0.2) is 30.3 Å². The molecule has 1 N–H and O–H groups in total. The maximum Gasteiger partial charge on any atom is 0.408 e. The van der Waals surface area contributed by atoms with E-state index in [1.165, 1.54) is 0 Å². The molecule has 0 bridgehead atoms. The molecule has 1 rings (SSSR count). The fourth-order valence-corrected chi connectivity index (χ4v) is 2.72. The summed E-state index contributed by atoms with van der Waals surface area (Å²) < 4.78 is 10.7. The molecule has 0 atom stereocenters. The second-order valence-electron chi connectivity index (χ2n) is 8.63. The molecule has 0 aromatic heterocycles. The van der Waals surface area contributed by atoms with Crippen LogP contribution in [0.5, 0.6) is 0 Å². The van der Waals surface area contributed by atoms with Crippen molar-refractivity contribution in [2.75, 3.05) is 0 Å². The zero-order chi connectivity index (χ0) is 19.3. The molecule has 1 amide bonds. The SMILES string of the molecule is CC(C)(CC(C)(C)C(=O)OCc1ccccc1)NC(=O)OC(C)(C)C. The summed E-state index contributed by atoms with van der Waals surface area (Å²) in [7, 11) is 0. The van der Waals surface area contributed by atoms with Gasteiger partial charge in [-0.1, -0.05) is 30.3 Å². The normalized spacial score (nSPS) is 12.4. The van der Waals surface area contributed by atoms with Crippen molar-refractivity contribution in [1.82, 2.24) is 5.32 Å². The average molecular weight is 349 g/mol. The first kappa shape index (κ1) is 21.0. The predicted molar refractivity (Wildman–Crippen MR) is 98.1 cm³/mol. The van der Waals surface area contributed by atoms with Crippen molar-refractivity contribution in [2.24, 2.45) is 5.41 Å². The summed E-state index contributed by atoms with van der Waals surface area (Å²) in [4.78, 5) is 24.5. The Morgan fingerprint density at radius 1 is 0.960 bits per heavy atom. The third-order valence-electron chi connectivity index (χ3n) is 3.49. The van der Waals surface area contributed by atoms with Crippen LogP contribution in [0.3, 0.4) is 0 Å². The summed E-state index contributed by atoms with van der Waals surface area (Å²) in [5.41, 5.74) is -0.979. The number of esters is 1. The first-order chi connectivity index (χ1) is 11.3. The second kappa shape index (κ2) is 7.89. The number of hydrogen-bond acceptors (Lipinski definition) is 4. The van der Waals surface area contributed by atoms with E-state index in [4.69, 9.17) is 9.47 Å². The van der Waals surface area contributed by atoms with E-state index in [1.807, 2.05) is 78.8 Å². The highest BCUT2D eigenvalue weighted by Gasteiger charge is 2.37. The summed E-state index contributed by atoms with van der Waals surface area (Å²) in [5.74, 6) is -0.296. The topological polar surface area (TPSA) is 64.6 Å². The Morgan fingerprint density at radius 3 is 2.04 bits per heavy atom. The highest BCUT2D eigenvalue weighted by atomic mass is 16.6. The van der Waals surface area contributed by atoms with Crippen LogP contribution in [-0.4, -0.2) is 23.2 Å². The molecule has 0 saturated heterocycles. The van der Waals surface area contributed by atoms with Crippen molar-refractivity contribution in [2.45, 2.75) is 72.6 Å². The lowest BCUT2D eigenvalue weighted by atomic mass is 9.80. The minimum atomic E-state index is -0.743. The number of ether oxygens (including phenoxy) is 2. The number of benzene rings is 1. The molecule has 0 saturated carbocycles. The lowest BCUT2D eigenvalue weighted by Crippen LogP contribution is -2.49. The molecule has 140 valence electrons. The van der Waals surface area contributed by atoms with Gasteiger partial charge in [0.2, 0.25) is 0 Å². The van der Waals surface area contributed by atoms with Gasteiger partial charge in [-0.05, 0) is 60.5 Å². The van der Waals surface area contributed by atoms with Gasteiger partial charge in [0, 0.05) is 5.54 Å². The van der Waals surface area contributed by atoms with E-state index in [1.54, 1.807) is 0 Å². The molecule has 0 radical (unpaired) electrons. The van der Waals surface area contributed by atoms with Crippen LogP contribution < -0.4 is 5.32 Å². The molecule has 0 aliphatic heterocycles. The van der Waals surface area contributed by atoms with Gasteiger partial charge in [-0.25, -0.2) is 4.79 Å². The zero-order valence-corrected chi connectivity index (χ0v) is 16.4. The molecule has 25 heavy (non-hydrogen) atoms. The molecule has 1 aromatic rings. The number of nitrogens with one attached hydrogen (secondary N) is 1. The maximum absolute atomic E-state index is 12.5. The Hall–Kier alpha value is -2.04. The van der Waals surface area contributed by atoms with E-state index in [0.29, 0.717) is 6.42 Å². The Bertz CT molecular complexity index is 585. The quantitative estimate of drug-likeness (QED) is 0.771. The second-order valence-corrected chi connectivity index (χ2v) is 8.63. The van der Waals surface area contributed by atoms with Gasteiger partial charge in [0.15, 0.2) is 0 Å². The van der Waals surface area contributed by atoms with E-state index < -0.39 is 22.6 Å². The first-order valence-corrected chi connectivity index (χ1v) is 8.53. The smallest absolute Gasteiger partial charge is 0.408 e. The van der Waals surface area contributed by atoms with Crippen molar-refractivity contribution >= 4 is 12.1 Å². The number of rotatable bonds is 6. The van der Waals surface area contributed by atoms with Crippen LogP contribution in [0, 0.1) is 5.41 Å². The Kier molecular flexibility index (Phi) is 6.63. The van der Waals surface area contributed by atoms with Gasteiger partial charge >= 0.3 is 12.1 Å². The highest BCUT2D eigenvalue weighted by Crippen LogP contribution is 2.30. The standard InChI is InChI=1S/C20H31NO4/c1-18(2,3)25-17(23)21-20(6,7)14-19(4,5)16(22)24-13-15-11-9-8-10-12-15/h8-12H,13-14H2,1-7H3,(H,21,23). The van der Waals surface area contributed by atoms with Crippen LogP contribution in [0.4, 0.5) is 4.79 Å². The average Bonchev–Trinajstić information content (AvgIpc) is 2.41. The number of alkyl carbamates (subject to hydrolysis) is 1. The number of carbonyl (C=O) groups excluding carboxylic acids is 2. The Morgan fingerprint density at radius 2 is 1.52 bits per heavy atom. The zero-order valence-electron chi connectivity index (χ0n) is 16.4. The first-order valence-electron chi connectivity index (χ1n) is 8.53. The van der Waals surface area contributed by atoms with E-state index >= 15 is 0 Å². The molecule has 0 unspecified atom stereocenters. The van der Waals surface area contributed by atoms with E-state index in [2.05, 4.69) is 5.32 Å². The molecule has 5 heteroatoms. The molecule has 0 aliphatic rings. The van der Waals surface area contributed by atoms with Crippen LogP contribution in [0.1, 0.15) is 60.5 Å². The minimum absolute atomic E-state index is 0.239. The molecule has 1 aromatic carbocycles. The van der Waals surface area contributed by atoms with E-state index in [-0.39, 0.29) is 12.6 Å². The monoisotopic (exact) mass is 349 g/mol. The van der Waals surface area contributed by atoms with Gasteiger partial charge in [-0.15, -0.1) is 0 Å². The predicted octanol–water partition coefficient (Wildman–Crippen LogP) is 4.45. The lowest BCUT2D eigenvalue weighted by molar-refractivity contribution is -0.156. The van der Waals surface area contributed by atoms with Gasteiger partial charge in [0.1, 0.15) is 12.2 Å². The summed E-state index contributed by atoms with van der Waals surface area (Å²) in [5, 5.41) is 2.83. The number of amides is 1. The van der Waals surface area contributed by atoms with Gasteiger partial charge in [0.05, 0.1) is 5.41 Å². The number of hydrogen-bond donors (Lipinski definition) is 1. The van der Waals surface area contributed by atoms with E-state index in [9.17, 15) is 9.59 Å². The number of carbonyl (C=O) groups is 2. The Balaban J connectivity index is 2.61. The van der Waals surface area contributed by atoms with Gasteiger partial charge in [0.25, 0.3) is 0 Å². The van der Waals surface area contributed by atoms with Crippen LogP contribution >= 0.6 is 0 Å². The van der Waals surface area contributed by atoms with Crippen molar-refractivity contribution in [3.63, 3.8) is 0 Å². The molecular weight excluding hydrogens is 318 g/mol. The molecular formula is C20H31NO4. The molecule has 0 fully saturated rings. The minimum Gasteiger partial charge on any atom is -0.460 e. The van der Waals surface area contributed by atoms with Gasteiger partial charge < -0.3 is 14.8 Å². The maximum atomic E-state index is 12.5. The summed E-state index contributed by atoms with van der Waals surface area (Å²) >= 11 is 0. The lowest BCUT2D eigenvalue weighted by Gasteiger charge is -2.34. The third kappa shape index (κ3) is 8.05. The van der Waals surface area contributed by atoms with Crippen molar-refractivity contribution in [1.29, 1.82) is 0 Å². The largest absolute Gasteiger partial charge is 0.460 e. The third-order valence-corrected chi connectivity index (χ3v) is 3.49. The van der Waals surface area contributed by atoms with Crippen LogP contribution in [0.25, 0.3) is 0 Å². The van der Waals surface area contributed by atoms with E-state index in [0.717, 1.165) is 5.56 Å².